The van der Waals surface area contributed by atoms with Gasteiger partial charge in [-0.25, -0.2) is 15.8 Å². The van der Waals surface area contributed by atoms with Crippen LogP contribution >= 0.6 is 0 Å². The Hall–Kier alpha value is -2.80. The monoisotopic (exact) mass is 514 g/mol. The van der Waals surface area contributed by atoms with Gasteiger partial charge in [-0.1, -0.05) is 34.4 Å². The van der Waals surface area contributed by atoms with Crippen LogP contribution in [0.2, 0.25) is 0 Å². The fourth-order valence-electron chi connectivity index (χ4n) is 0.938. The van der Waals surface area contributed by atoms with Crippen LogP contribution in [0.15, 0.2) is 91.8 Å². The SMILES string of the molecule is N#C[S-].N#C[S-].N#C[S-].[Rh+3].c1ccncc1.c1ccncc1.c1ccncc1. The number of thiocyanates is 3. The van der Waals surface area contributed by atoms with Gasteiger partial charge in [0.25, 0.3) is 0 Å². The summed E-state index contributed by atoms with van der Waals surface area (Å²) in [5.74, 6) is 0. The normalized spacial score (nSPS) is 5.89. The van der Waals surface area contributed by atoms with Crippen LogP contribution in [-0.4, -0.2) is 15.0 Å². The molecule has 0 saturated carbocycles. The number of rotatable bonds is 0. The molecule has 0 amide bonds. The van der Waals surface area contributed by atoms with Crippen molar-refractivity contribution < 1.29 is 19.5 Å². The van der Waals surface area contributed by atoms with Gasteiger partial charge in [0.2, 0.25) is 0 Å². The van der Waals surface area contributed by atoms with Crippen LogP contribution in [0.1, 0.15) is 0 Å². The van der Waals surface area contributed by atoms with Gasteiger partial charge < -0.3 is 37.9 Å². The molecule has 0 bridgehead atoms. The topological polar surface area (TPSA) is 110 Å². The van der Waals surface area contributed by atoms with Gasteiger partial charge in [0.05, 0.1) is 0 Å². The predicted octanol–water partition coefficient (Wildman–Crippen LogP) is 3.29. The van der Waals surface area contributed by atoms with Crippen molar-refractivity contribution in [3.8, 4) is 16.2 Å². The molecule has 0 radical (unpaired) electrons. The van der Waals surface area contributed by atoms with Crippen molar-refractivity contribution >= 4 is 37.9 Å². The van der Waals surface area contributed by atoms with E-state index in [0.29, 0.717) is 0 Å². The average molecular weight is 514 g/mol. The third-order valence-corrected chi connectivity index (χ3v) is 1.70. The Kier molecular flexibility index (Phi) is 46.1. The molecule has 0 saturated heterocycles. The molecule has 6 nitrogen and oxygen atoms in total. The summed E-state index contributed by atoms with van der Waals surface area (Å²) in [7, 11) is 0. The quantitative estimate of drug-likeness (QED) is 0.254. The molecule has 144 valence electrons. The molecule has 3 rings (SSSR count). The van der Waals surface area contributed by atoms with E-state index in [1.54, 1.807) is 37.2 Å². The fourth-order valence-corrected chi connectivity index (χ4v) is 0.938. The number of hydrogen-bond acceptors (Lipinski definition) is 9. The van der Waals surface area contributed by atoms with Crippen LogP contribution in [0.4, 0.5) is 0 Å². The van der Waals surface area contributed by atoms with Crippen molar-refractivity contribution in [3.63, 3.8) is 0 Å². The second kappa shape index (κ2) is 39.3. The van der Waals surface area contributed by atoms with Crippen molar-refractivity contribution in [3.05, 3.63) is 91.8 Å². The van der Waals surface area contributed by atoms with Gasteiger partial charge in [-0.2, -0.15) is 0 Å². The molecule has 0 fully saturated rings. The maximum Gasteiger partial charge on any atom is 3.00 e. The summed E-state index contributed by atoms with van der Waals surface area (Å²) in [6.45, 7) is 0. The van der Waals surface area contributed by atoms with Gasteiger partial charge in [-0.3, -0.25) is 15.0 Å². The van der Waals surface area contributed by atoms with E-state index in [-0.39, 0.29) is 19.5 Å². The van der Waals surface area contributed by atoms with Gasteiger partial charge in [0.15, 0.2) is 0 Å². The van der Waals surface area contributed by atoms with Crippen LogP contribution in [0.25, 0.3) is 0 Å². The van der Waals surface area contributed by atoms with Gasteiger partial charge in [0, 0.05) is 37.2 Å². The van der Waals surface area contributed by atoms with Crippen molar-refractivity contribution in [1.29, 1.82) is 15.8 Å². The van der Waals surface area contributed by atoms with E-state index in [2.05, 4.69) is 52.8 Å². The second-order valence-corrected chi connectivity index (χ2v) is 3.90. The predicted molar refractivity (Wildman–Crippen MR) is 112 cm³/mol. The van der Waals surface area contributed by atoms with Crippen molar-refractivity contribution in [2.45, 2.75) is 0 Å². The zero-order valence-corrected chi connectivity index (χ0v) is 18.5. The van der Waals surface area contributed by atoms with Crippen molar-refractivity contribution in [1.82, 2.24) is 15.0 Å². The second-order valence-electron chi connectivity index (χ2n) is 3.35. The van der Waals surface area contributed by atoms with E-state index in [1.165, 1.54) is 16.2 Å². The van der Waals surface area contributed by atoms with E-state index in [0.717, 1.165) is 0 Å². The molecular formula is C18H15N6RhS3. The van der Waals surface area contributed by atoms with Crippen LogP contribution in [0, 0.1) is 32.0 Å². The Morgan fingerprint density at radius 2 is 0.571 bits per heavy atom. The van der Waals surface area contributed by atoms with E-state index >= 15 is 0 Å². The van der Waals surface area contributed by atoms with Crippen molar-refractivity contribution in [2.75, 3.05) is 0 Å². The number of aromatic nitrogens is 3. The first kappa shape index (κ1) is 32.8. The number of pyridine rings is 3. The molecular weight excluding hydrogens is 499 g/mol. The molecule has 0 spiro atoms. The van der Waals surface area contributed by atoms with Gasteiger partial charge in [0.1, 0.15) is 0 Å². The van der Waals surface area contributed by atoms with E-state index in [4.69, 9.17) is 15.8 Å². The van der Waals surface area contributed by atoms with E-state index in [1.807, 2.05) is 54.6 Å². The van der Waals surface area contributed by atoms with E-state index in [9.17, 15) is 0 Å². The Bertz CT molecular complexity index is 534. The maximum absolute atomic E-state index is 7.13. The van der Waals surface area contributed by atoms with Gasteiger partial charge in [-0.15, -0.1) is 0 Å². The largest absolute Gasteiger partial charge is 3.00 e. The van der Waals surface area contributed by atoms with Crippen LogP contribution in [0.3, 0.4) is 0 Å². The first-order valence-corrected chi connectivity index (χ1v) is 8.06. The maximum atomic E-state index is 7.13. The molecule has 0 unspecified atom stereocenters. The molecule has 3 heterocycles. The molecule has 10 heteroatoms. The first-order valence-electron chi connectivity index (χ1n) is 6.83. The number of hydrogen-bond donors (Lipinski definition) is 0. The van der Waals surface area contributed by atoms with Crippen LogP contribution in [0.5, 0.6) is 0 Å². The molecule has 0 aromatic carbocycles. The summed E-state index contributed by atoms with van der Waals surface area (Å²) >= 11 is 11.1. The average Bonchev–Trinajstić information content (AvgIpc) is 2.75. The summed E-state index contributed by atoms with van der Waals surface area (Å²) in [4.78, 5) is 11.4. The minimum atomic E-state index is 0. The van der Waals surface area contributed by atoms with Gasteiger partial charge in [-0.05, 0) is 36.4 Å². The third kappa shape index (κ3) is 49.5. The summed E-state index contributed by atoms with van der Waals surface area (Å²) < 4.78 is 0. The molecule has 0 aliphatic carbocycles. The summed E-state index contributed by atoms with van der Waals surface area (Å²) in [5, 5.41) is 25.4. The van der Waals surface area contributed by atoms with Gasteiger partial charge >= 0.3 is 19.5 Å². The Morgan fingerprint density at radius 3 is 0.607 bits per heavy atom. The number of nitriles is 3. The van der Waals surface area contributed by atoms with Crippen LogP contribution < -0.4 is 0 Å². The fraction of sp³-hybridized carbons (Fsp3) is 0. The Labute approximate surface area is 195 Å². The third-order valence-electron chi connectivity index (χ3n) is 1.70. The van der Waals surface area contributed by atoms with Crippen LogP contribution in [-0.2, 0) is 57.4 Å². The van der Waals surface area contributed by atoms with E-state index < -0.39 is 0 Å². The Morgan fingerprint density at radius 1 is 0.429 bits per heavy atom. The zero-order valence-electron chi connectivity index (χ0n) is 14.4. The standard InChI is InChI=1S/3C5H5N.3CHNS.Rh/c3*1-2-4-6-5-3-1;3*2-1-3;/h3*1-5H;3*3H;/q;;;;;;+3/p-3. The molecule has 3 aromatic rings. The molecule has 28 heavy (non-hydrogen) atoms. The summed E-state index contributed by atoms with van der Waals surface area (Å²) in [6, 6.07) is 17.1. The minimum absolute atomic E-state index is 0. The molecule has 0 aliphatic heterocycles. The molecule has 0 aliphatic rings. The molecule has 0 N–H and O–H groups in total. The summed E-state index contributed by atoms with van der Waals surface area (Å²) in [5.41, 5.74) is 0. The molecule has 0 atom stereocenters. The summed E-state index contributed by atoms with van der Waals surface area (Å²) in [6.07, 6.45) is 10.5. The molecule has 3 aromatic heterocycles. The minimum Gasteiger partial charge on any atom is -0.696 e. The smallest absolute Gasteiger partial charge is 0.696 e. The Balaban J connectivity index is -0.000000127. The zero-order chi connectivity index (χ0) is 20.8. The first-order chi connectivity index (χ1) is 13.2. The van der Waals surface area contributed by atoms with Crippen molar-refractivity contribution in [2.24, 2.45) is 0 Å². The number of nitrogens with zero attached hydrogens (tertiary/aromatic N) is 6.